The van der Waals surface area contributed by atoms with Gasteiger partial charge in [0.05, 0.1) is 5.69 Å². The molecule has 2 aromatic rings. The molecule has 1 aromatic heterocycles. The highest BCUT2D eigenvalue weighted by Gasteiger charge is 2.34. The van der Waals surface area contributed by atoms with Crippen molar-refractivity contribution in [2.24, 2.45) is 0 Å². The second-order valence-corrected chi connectivity index (χ2v) is 3.68. The Balaban J connectivity index is 2.37. The highest BCUT2D eigenvalue weighted by Crippen LogP contribution is 2.33. The van der Waals surface area contributed by atoms with Crippen molar-refractivity contribution in [3.05, 3.63) is 40.7 Å². The first kappa shape index (κ1) is 10.2. The normalized spacial score (nSPS) is 11.7. The van der Waals surface area contributed by atoms with Gasteiger partial charge in [0.1, 0.15) is 0 Å². The van der Waals surface area contributed by atoms with Crippen molar-refractivity contribution in [2.45, 2.75) is 6.18 Å². The molecule has 0 amide bonds. The number of halogens is 3. The Bertz CT molecular complexity index is 447. The first-order valence-corrected chi connectivity index (χ1v) is 4.94. The number of hydrogen-bond acceptors (Lipinski definition) is 2. The number of hydrogen-bond donors (Lipinski definition) is 0. The minimum atomic E-state index is -4.36. The van der Waals surface area contributed by atoms with Crippen molar-refractivity contribution >= 4 is 11.3 Å². The second kappa shape index (κ2) is 3.66. The van der Waals surface area contributed by atoms with Gasteiger partial charge in [-0.2, -0.15) is 13.2 Å². The van der Waals surface area contributed by atoms with Crippen LogP contribution in [0.15, 0.2) is 29.6 Å². The maximum atomic E-state index is 12.3. The quantitative estimate of drug-likeness (QED) is 0.726. The maximum absolute atomic E-state index is 12.3. The second-order valence-electron chi connectivity index (χ2n) is 2.82. The largest absolute Gasteiger partial charge is 0.443 e. The molecule has 0 saturated carbocycles. The van der Waals surface area contributed by atoms with Gasteiger partial charge in [-0.15, -0.1) is 11.3 Å². The molecule has 1 aromatic carbocycles. The standard InChI is InChI=1S/C10H5F3NS/c11-10(12,13)9-14-8(6-15-9)7-4-2-1-3-5-7/h2-6H. The zero-order valence-corrected chi connectivity index (χ0v) is 8.19. The lowest BCUT2D eigenvalue weighted by Gasteiger charge is -1.99. The molecule has 77 valence electrons. The van der Waals surface area contributed by atoms with Gasteiger partial charge in [-0.3, -0.25) is 0 Å². The van der Waals surface area contributed by atoms with E-state index in [-0.39, 0.29) is 0 Å². The van der Waals surface area contributed by atoms with Gasteiger partial charge < -0.3 is 0 Å². The predicted molar refractivity (Wildman–Crippen MR) is 51.4 cm³/mol. The third-order valence-corrected chi connectivity index (χ3v) is 2.65. The molecule has 1 radical (unpaired) electrons. The Kier molecular flexibility index (Phi) is 2.48. The first-order valence-electron chi connectivity index (χ1n) is 4.06. The van der Waals surface area contributed by atoms with Crippen molar-refractivity contribution in [2.75, 3.05) is 0 Å². The summed E-state index contributed by atoms with van der Waals surface area (Å²) in [6.07, 6.45) is -4.36. The average molecular weight is 228 g/mol. The minimum Gasteiger partial charge on any atom is -0.232 e. The van der Waals surface area contributed by atoms with Crippen LogP contribution < -0.4 is 0 Å². The van der Waals surface area contributed by atoms with Crippen molar-refractivity contribution in [3.63, 3.8) is 0 Å². The van der Waals surface area contributed by atoms with Crippen LogP contribution >= 0.6 is 11.3 Å². The SMILES string of the molecule is FC(F)(F)c1nc(-c2cc[c]cc2)cs1. The van der Waals surface area contributed by atoms with E-state index in [9.17, 15) is 13.2 Å². The van der Waals surface area contributed by atoms with Gasteiger partial charge in [0, 0.05) is 10.9 Å². The third-order valence-electron chi connectivity index (χ3n) is 1.76. The summed E-state index contributed by atoms with van der Waals surface area (Å²) in [5, 5.41) is 0.586. The van der Waals surface area contributed by atoms with Crippen LogP contribution in [0, 0.1) is 6.07 Å². The predicted octanol–water partition coefficient (Wildman–Crippen LogP) is 3.63. The molecule has 0 aliphatic rings. The molecule has 0 bridgehead atoms. The summed E-state index contributed by atoms with van der Waals surface area (Å²) < 4.78 is 36.8. The Hall–Kier alpha value is -1.36. The van der Waals surface area contributed by atoms with Crippen LogP contribution in [0.5, 0.6) is 0 Å². The molecule has 0 unspecified atom stereocenters. The molecule has 0 fully saturated rings. The van der Waals surface area contributed by atoms with E-state index in [0.29, 0.717) is 22.6 Å². The fourth-order valence-corrected chi connectivity index (χ4v) is 1.79. The summed E-state index contributed by atoms with van der Waals surface area (Å²) in [4.78, 5) is 3.53. The lowest BCUT2D eigenvalue weighted by atomic mass is 10.2. The van der Waals surface area contributed by atoms with Gasteiger partial charge in [0.2, 0.25) is 0 Å². The minimum absolute atomic E-state index is 0.348. The van der Waals surface area contributed by atoms with Gasteiger partial charge in [-0.1, -0.05) is 24.3 Å². The van der Waals surface area contributed by atoms with Gasteiger partial charge in [-0.05, 0) is 6.07 Å². The molecule has 0 aliphatic heterocycles. The molecule has 1 heterocycles. The summed E-state index contributed by atoms with van der Waals surface area (Å²) in [6, 6.07) is 9.43. The van der Waals surface area contributed by atoms with E-state index in [1.54, 1.807) is 24.3 Å². The van der Waals surface area contributed by atoms with Crippen LogP contribution in [0.2, 0.25) is 0 Å². The van der Waals surface area contributed by atoms with E-state index < -0.39 is 11.2 Å². The maximum Gasteiger partial charge on any atom is 0.443 e. The summed E-state index contributed by atoms with van der Waals surface area (Å²) in [5.41, 5.74) is 1.02. The zero-order chi connectivity index (χ0) is 10.9. The van der Waals surface area contributed by atoms with Crippen molar-refractivity contribution in [1.82, 2.24) is 4.98 Å². The number of rotatable bonds is 1. The molecular formula is C10H5F3NS. The molecule has 2 rings (SSSR count). The van der Waals surface area contributed by atoms with E-state index in [1.807, 2.05) is 0 Å². The highest BCUT2D eigenvalue weighted by atomic mass is 32.1. The molecule has 15 heavy (non-hydrogen) atoms. The smallest absolute Gasteiger partial charge is 0.232 e. The van der Waals surface area contributed by atoms with Gasteiger partial charge in [-0.25, -0.2) is 4.98 Å². The van der Waals surface area contributed by atoms with Crippen LogP contribution in [0.1, 0.15) is 5.01 Å². The van der Waals surface area contributed by atoms with Crippen molar-refractivity contribution < 1.29 is 13.2 Å². The number of thiazole rings is 1. The highest BCUT2D eigenvalue weighted by molar-refractivity contribution is 7.10. The molecular weight excluding hydrogens is 223 g/mol. The Morgan fingerprint density at radius 1 is 1.20 bits per heavy atom. The summed E-state index contributed by atoms with van der Waals surface area (Å²) in [6.45, 7) is 0. The molecule has 0 atom stereocenters. The van der Waals surface area contributed by atoms with Crippen LogP contribution in [0.4, 0.5) is 13.2 Å². The summed E-state index contributed by atoms with van der Waals surface area (Å²) in [5.74, 6) is 0. The zero-order valence-electron chi connectivity index (χ0n) is 7.38. The monoisotopic (exact) mass is 228 g/mol. The van der Waals surface area contributed by atoms with Gasteiger partial charge in [0.25, 0.3) is 0 Å². The number of aromatic nitrogens is 1. The average Bonchev–Trinajstić information content (AvgIpc) is 2.67. The van der Waals surface area contributed by atoms with E-state index in [0.717, 1.165) is 0 Å². The molecule has 0 spiro atoms. The first-order chi connectivity index (χ1) is 7.07. The lowest BCUT2D eigenvalue weighted by molar-refractivity contribution is -0.137. The number of nitrogens with zero attached hydrogens (tertiary/aromatic N) is 1. The van der Waals surface area contributed by atoms with Crippen LogP contribution in [-0.4, -0.2) is 4.98 Å². The van der Waals surface area contributed by atoms with Crippen molar-refractivity contribution in [3.8, 4) is 11.3 Å². The van der Waals surface area contributed by atoms with Crippen LogP contribution in [0.25, 0.3) is 11.3 Å². The fraction of sp³-hybridized carbons (Fsp3) is 0.100. The number of alkyl halides is 3. The van der Waals surface area contributed by atoms with Crippen molar-refractivity contribution in [1.29, 1.82) is 0 Å². The number of benzene rings is 1. The Morgan fingerprint density at radius 3 is 2.40 bits per heavy atom. The molecule has 5 heteroatoms. The molecule has 1 nitrogen and oxygen atoms in total. The summed E-state index contributed by atoms with van der Waals surface area (Å²) >= 11 is 0.605. The molecule has 0 N–H and O–H groups in total. The summed E-state index contributed by atoms with van der Waals surface area (Å²) in [7, 11) is 0. The van der Waals surface area contributed by atoms with Crippen LogP contribution in [0.3, 0.4) is 0 Å². The van der Waals surface area contributed by atoms with Gasteiger partial charge >= 0.3 is 6.18 Å². The Morgan fingerprint density at radius 2 is 1.87 bits per heavy atom. The topological polar surface area (TPSA) is 12.9 Å². The van der Waals surface area contributed by atoms with E-state index >= 15 is 0 Å². The Labute approximate surface area is 88.2 Å². The van der Waals surface area contributed by atoms with Gasteiger partial charge in [0.15, 0.2) is 5.01 Å². The molecule has 0 aliphatic carbocycles. The third kappa shape index (κ3) is 2.18. The molecule has 0 saturated heterocycles. The van der Waals surface area contributed by atoms with E-state index in [1.165, 1.54) is 5.38 Å². The van der Waals surface area contributed by atoms with E-state index in [4.69, 9.17) is 0 Å². The lowest BCUT2D eigenvalue weighted by Crippen LogP contribution is -2.03. The van der Waals surface area contributed by atoms with Crippen LogP contribution in [-0.2, 0) is 6.18 Å². The van der Waals surface area contributed by atoms with E-state index in [2.05, 4.69) is 11.1 Å². The fourth-order valence-electron chi connectivity index (χ4n) is 1.09.